The Morgan fingerprint density at radius 1 is 1.18 bits per heavy atom. The van der Waals surface area contributed by atoms with E-state index in [-0.39, 0.29) is 31.4 Å². The maximum atomic E-state index is 12.6. The number of aliphatic hydroxyl groups is 1. The van der Waals surface area contributed by atoms with E-state index >= 15 is 0 Å². The standard InChI is InChI=1S/C18H17ClF3N3O3/c19-15-13(2-1-7-23-15)11-25(8-9-26)17(28)16(27)24-10-12-3-5-14(6-4-12)18(20,21)22/h1-7,26H,8-11H2,(H,24,27). The first kappa shape index (κ1) is 21.6. The number of aromatic nitrogens is 1. The van der Waals surface area contributed by atoms with Crippen LogP contribution in [0.1, 0.15) is 16.7 Å². The third-order valence-electron chi connectivity index (χ3n) is 3.78. The van der Waals surface area contributed by atoms with Gasteiger partial charge in [-0.05, 0) is 23.8 Å². The lowest BCUT2D eigenvalue weighted by Gasteiger charge is -2.21. The Bertz CT molecular complexity index is 829. The zero-order valence-corrected chi connectivity index (χ0v) is 15.3. The van der Waals surface area contributed by atoms with Crippen molar-refractivity contribution in [3.05, 3.63) is 64.4 Å². The monoisotopic (exact) mass is 415 g/mol. The van der Waals surface area contributed by atoms with Crippen molar-refractivity contribution >= 4 is 23.4 Å². The van der Waals surface area contributed by atoms with Crippen LogP contribution in [0.2, 0.25) is 5.15 Å². The number of pyridine rings is 1. The molecule has 0 saturated heterocycles. The lowest BCUT2D eigenvalue weighted by molar-refractivity contribution is -0.146. The number of rotatable bonds is 6. The fourth-order valence-electron chi connectivity index (χ4n) is 2.33. The predicted octanol–water partition coefficient (Wildman–Crippen LogP) is 2.39. The summed E-state index contributed by atoms with van der Waals surface area (Å²) in [6.07, 6.45) is -2.98. The topological polar surface area (TPSA) is 82.5 Å². The SMILES string of the molecule is O=C(NCc1ccc(C(F)(F)F)cc1)C(=O)N(CCO)Cc1cccnc1Cl. The molecular weight excluding hydrogens is 399 g/mol. The predicted molar refractivity (Wildman–Crippen MR) is 95.0 cm³/mol. The molecular formula is C18H17ClF3N3O3. The van der Waals surface area contributed by atoms with Gasteiger partial charge in [-0.3, -0.25) is 9.59 Å². The van der Waals surface area contributed by atoms with Gasteiger partial charge in [0.1, 0.15) is 5.15 Å². The fraction of sp³-hybridized carbons (Fsp3) is 0.278. The lowest BCUT2D eigenvalue weighted by Crippen LogP contribution is -2.43. The van der Waals surface area contributed by atoms with Crippen LogP contribution in [0, 0.1) is 0 Å². The largest absolute Gasteiger partial charge is 0.416 e. The Balaban J connectivity index is 1.99. The van der Waals surface area contributed by atoms with Gasteiger partial charge in [0.2, 0.25) is 0 Å². The number of halogens is 4. The zero-order chi connectivity index (χ0) is 20.7. The van der Waals surface area contributed by atoms with Crippen LogP contribution in [-0.4, -0.2) is 40.0 Å². The van der Waals surface area contributed by atoms with E-state index in [0.717, 1.165) is 17.0 Å². The van der Waals surface area contributed by atoms with Crippen LogP contribution in [0.4, 0.5) is 13.2 Å². The Morgan fingerprint density at radius 3 is 2.43 bits per heavy atom. The van der Waals surface area contributed by atoms with Crippen LogP contribution in [0.3, 0.4) is 0 Å². The quantitative estimate of drug-likeness (QED) is 0.560. The molecule has 0 aliphatic rings. The normalized spacial score (nSPS) is 11.2. The van der Waals surface area contributed by atoms with Gasteiger partial charge in [0.25, 0.3) is 0 Å². The molecule has 10 heteroatoms. The summed E-state index contributed by atoms with van der Waals surface area (Å²) in [5, 5.41) is 11.7. The van der Waals surface area contributed by atoms with E-state index < -0.39 is 23.6 Å². The summed E-state index contributed by atoms with van der Waals surface area (Å²) in [6.45, 7) is -0.614. The molecule has 150 valence electrons. The van der Waals surface area contributed by atoms with Crippen LogP contribution in [0.5, 0.6) is 0 Å². The van der Waals surface area contributed by atoms with Crippen LogP contribution >= 0.6 is 11.6 Å². The van der Waals surface area contributed by atoms with Crippen molar-refractivity contribution in [1.29, 1.82) is 0 Å². The molecule has 1 heterocycles. The molecule has 2 rings (SSSR count). The van der Waals surface area contributed by atoms with Crippen molar-refractivity contribution < 1.29 is 27.9 Å². The first-order chi connectivity index (χ1) is 13.2. The van der Waals surface area contributed by atoms with Crippen molar-refractivity contribution in [3.8, 4) is 0 Å². The first-order valence-electron chi connectivity index (χ1n) is 8.16. The molecule has 0 unspecified atom stereocenters. The summed E-state index contributed by atoms with van der Waals surface area (Å²) in [5.41, 5.74) is 0.0980. The number of hydrogen-bond acceptors (Lipinski definition) is 4. The Morgan fingerprint density at radius 2 is 1.86 bits per heavy atom. The molecule has 0 fully saturated rings. The van der Waals surface area contributed by atoms with Gasteiger partial charge in [0, 0.05) is 31.4 Å². The third kappa shape index (κ3) is 5.93. The fourth-order valence-corrected chi connectivity index (χ4v) is 2.51. The van der Waals surface area contributed by atoms with Crippen LogP contribution < -0.4 is 5.32 Å². The molecule has 2 N–H and O–H groups in total. The number of nitrogens with zero attached hydrogens (tertiary/aromatic N) is 2. The van der Waals surface area contributed by atoms with E-state index in [4.69, 9.17) is 16.7 Å². The highest BCUT2D eigenvalue weighted by atomic mass is 35.5. The molecule has 2 aromatic rings. The molecule has 28 heavy (non-hydrogen) atoms. The Labute approximate surface area is 163 Å². The van der Waals surface area contributed by atoms with E-state index in [0.29, 0.717) is 11.1 Å². The van der Waals surface area contributed by atoms with Gasteiger partial charge in [-0.2, -0.15) is 13.2 Å². The lowest BCUT2D eigenvalue weighted by atomic mass is 10.1. The smallest absolute Gasteiger partial charge is 0.395 e. The number of amides is 2. The Hall–Kier alpha value is -2.65. The van der Waals surface area contributed by atoms with Gasteiger partial charge in [-0.25, -0.2) is 4.98 Å². The number of benzene rings is 1. The number of carbonyl (C=O) groups is 2. The highest BCUT2D eigenvalue weighted by Gasteiger charge is 2.30. The van der Waals surface area contributed by atoms with E-state index in [1.807, 2.05) is 0 Å². The molecule has 0 aliphatic heterocycles. The molecule has 1 aromatic carbocycles. The second-order valence-corrected chi connectivity index (χ2v) is 6.14. The van der Waals surface area contributed by atoms with Gasteiger partial charge in [-0.1, -0.05) is 29.8 Å². The molecule has 0 aliphatic carbocycles. The molecule has 0 spiro atoms. The number of nitrogens with one attached hydrogen (secondary N) is 1. The minimum atomic E-state index is -4.45. The molecule has 0 bridgehead atoms. The minimum Gasteiger partial charge on any atom is -0.395 e. The van der Waals surface area contributed by atoms with E-state index in [1.54, 1.807) is 12.1 Å². The molecule has 2 amide bonds. The first-order valence-corrected chi connectivity index (χ1v) is 8.53. The molecule has 0 radical (unpaired) electrons. The Kier molecular flexibility index (Phi) is 7.36. The summed E-state index contributed by atoms with van der Waals surface area (Å²) in [5.74, 6) is -1.85. The summed E-state index contributed by atoms with van der Waals surface area (Å²) >= 11 is 5.95. The highest BCUT2D eigenvalue weighted by molar-refractivity contribution is 6.35. The zero-order valence-electron chi connectivity index (χ0n) is 14.5. The van der Waals surface area contributed by atoms with Crippen molar-refractivity contribution in [2.45, 2.75) is 19.3 Å². The van der Waals surface area contributed by atoms with E-state index in [9.17, 15) is 22.8 Å². The molecule has 0 atom stereocenters. The highest BCUT2D eigenvalue weighted by Crippen LogP contribution is 2.29. The molecule has 6 nitrogen and oxygen atoms in total. The third-order valence-corrected chi connectivity index (χ3v) is 4.12. The average molecular weight is 416 g/mol. The number of alkyl halides is 3. The van der Waals surface area contributed by atoms with Gasteiger partial charge < -0.3 is 15.3 Å². The van der Waals surface area contributed by atoms with Crippen LogP contribution in [0.25, 0.3) is 0 Å². The van der Waals surface area contributed by atoms with Crippen LogP contribution in [0.15, 0.2) is 42.6 Å². The van der Waals surface area contributed by atoms with Gasteiger partial charge in [0.05, 0.1) is 12.2 Å². The molecule has 0 saturated carbocycles. The number of carbonyl (C=O) groups excluding carboxylic acids is 2. The van der Waals surface area contributed by atoms with E-state index in [1.165, 1.54) is 18.3 Å². The van der Waals surface area contributed by atoms with Crippen molar-refractivity contribution in [1.82, 2.24) is 15.2 Å². The van der Waals surface area contributed by atoms with Crippen molar-refractivity contribution in [2.75, 3.05) is 13.2 Å². The van der Waals surface area contributed by atoms with Gasteiger partial charge in [-0.15, -0.1) is 0 Å². The maximum absolute atomic E-state index is 12.6. The van der Waals surface area contributed by atoms with E-state index in [2.05, 4.69) is 10.3 Å². The summed E-state index contributed by atoms with van der Waals surface area (Å²) in [7, 11) is 0. The average Bonchev–Trinajstić information content (AvgIpc) is 2.66. The van der Waals surface area contributed by atoms with Gasteiger partial charge in [0.15, 0.2) is 0 Å². The van der Waals surface area contributed by atoms with Crippen molar-refractivity contribution in [2.24, 2.45) is 0 Å². The molecule has 1 aromatic heterocycles. The maximum Gasteiger partial charge on any atom is 0.416 e. The number of aliphatic hydroxyl groups excluding tert-OH is 1. The number of hydrogen-bond donors (Lipinski definition) is 2. The second kappa shape index (κ2) is 9.52. The second-order valence-electron chi connectivity index (χ2n) is 5.78. The summed E-state index contributed by atoms with van der Waals surface area (Å²) < 4.78 is 37.7. The summed E-state index contributed by atoms with van der Waals surface area (Å²) in [4.78, 5) is 29.5. The van der Waals surface area contributed by atoms with Crippen molar-refractivity contribution in [3.63, 3.8) is 0 Å². The minimum absolute atomic E-state index is 0.0280. The van der Waals surface area contributed by atoms with Gasteiger partial charge >= 0.3 is 18.0 Å². The van der Waals surface area contributed by atoms with Crippen LogP contribution in [-0.2, 0) is 28.9 Å². The summed E-state index contributed by atoms with van der Waals surface area (Å²) in [6, 6.07) is 7.47.